The molecule has 0 spiro atoms. The van der Waals surface area contributed by atoms with Gasteiger partial charge < -0.3 is 5.32 Å². The van der Waals surface area contributed by atoms with Gasteiger partial charge in [-0.05, 0) is 24.6 Å². The van der Waals surface area contributed by atoms with Crippen molar-refractivity contribution in [2.45, 2.75) is 12.6 Å². The van der Waals surface area contributed by atoms with E-state index in [4.69, 9.17) is 0 Å². The Balaban J connectivity index is 1.87. The molecule has 1 aliphatic heterocycles. The average molecular weight is 374 g/mol. The molecule has 2 heterocycles. The first-order valence-corrected chi connectivity index (χ1v) is 8.13. The highest BCUT2D eigenvalue weighted by atomic mass is 19.4. The van der Waals surface area contributed by atoms with Gasteiger partial charge in [-0.1, -0.05) is 18.2 Å². The van der Waals surface area contributed by atoms with Crippen LogP contribution in [0.5, 0.6) is 0 Å². The van der Waals surface area contributed by atoms with Gasteiger partial charge in [-0.25, -0.2) is 4.68 Å². The van der Waals surface area contributed by atoms with Crippen LogP contribution in [0, 0.1) is 10.1 Å². The van der Waals surface area contributed by atoms with Gasteiger partial charge in [0, 0.05) is 29.8 Å². The topological polar surface area (TPSA) is 73.0 Å². The molecule has 9 heteroatoms. The third kappa shape index (κ3) is 2.90. The van der Waals surface area contributed by atoms with E-state index >= 15 is 0 Å². The van der Waals surface area contributed by atoms with Crippen LogP contribution in [0.2, 0.25) is 0 Å². The Labute approximate surface area is 151 Å². The van der Waals surface area contributed by atoms with Crippen LogP contribution >= 0.6 is 0 Å². The molecule has 0 saturated heterocycles. The Kier molecular flexibility index (Phi) is 3.87. The Morgan fingerprint density at radius 3 is 2.48 bits per heavy atom. The van der Waals surface area contributed by atoms with Crippen LogP contribution in [0.1, 0.15) is 11.1 Å². The summed E-state index contributed by atoms with van der Waals surface area (Å²) in [6.07, 6.45) is -3.95. The number of nitrogens with zero attached hydrogens (tertiary/aromatic N) is 3. The molecule has 0 saturated carbocycles. The second-order valence-corrected chi connectivity index (χ2v) is 6.08. The van der Waals surface area contributed by atoms with Crippen LogP contribution in [0.4, 0.5) is 24.7 Å². The van der Waals surface area contributed by atoms with Gasteiger partial charge in [0.2, 0.25) is 0 Å². The van der Waals surface area contributed by atoms with E-state index in [1.165, 1.54) is 41.1 Å². The fourth-order valence-corrected chi connectivity index (χ4v) is 3.23. The highest BCUT2D eigenvalue weighted by Crippen LogP contribution is 2.41. The molecule has 1 aliphatic rings. The van der Waals surface area contributed by atoms with Crippen molar-refractivity contribution in [3.05, 3.63) is 69.8 Å². The van der Waals surface area contributed by atoms with Crippen molar-refractivity contribution >= 4 is 11.5 Å². The van der Waals surface area contributed by atoms with E-state index in [1.807, 2.05) is 0 Å². The highest BCUT2D eigenvalue weighted by molar-refractivity contribution is 5.75. The maximum absolute atomic E-state index is 13.4. The van der Waals surface area contributed by atoms with Gasteiger partial charge in [-0.3, -0.25) is 10.1 Å². The number of anilines is 1. The van der Waals surface area contributed by atoms with Crippen LogP contribution < -0.4 is 5.32 Å². The molecule has 4 rings (SSSR count). The Morgan fingerprint density at radius 2 is 1.81 bits per heavy atom. The third-order valence-corrected chi connectivity index (χ3v) is 4.44. The van der Waals surface area contributed by atoms with Crippen molar-refractivity contribution in [3.63, 3.8) is 0 Å². The molecule has 0 aliphatic carbocycles. The molecule has 138 valence electrons. The summed E-state index contributed by atoms with van der Waals surface area (Å²) in [6, 6.07) is 11.0. The molecule has 27 heavy (non-hydrogen) atoms. The second-order valence-electron chi connectivity index (χ2n) is 6.08. The summed E-state index contributed by atoms with van der Waals surface area (Å²) in [5.41, 5.74) is 0.699. The minimum absolute atomic E-state index is 0.0191. The lowest BCUT2D eigenvalue weighted by molar-refractivity contribution is -0.384. The van der Waals surface area contributed by atoms with Crippen LogP contribution in [-0.2, 0) is 12.6 Å². The van der Waals surface area contributed by atoms with E-state index in [0.29, 0.717) is 30.0 Å². The van der Waals surface area contributed by atoms with Gasteiger partial charge in [0.1, 0.15) is 5.82 Å². The number of rotatable bonds is 3. The smallest absolute Gasteiger partial charge is 0.369 e. The van der Waals surface area contributed by atoms with E-state index in [1.54, 1.807) is 6.07 Å². The Hall–Kier alpha value is -3.36. The molecular formula is C18H13F3N4O2. The predicted octanol–water partition coefficient (Wildman–Crippen LogP) is 4.43. The SMILES string of the molecule is O=[N+]([O-])c1ccc(-n2nc(-c3ccccc3C(F)(F)F)c3c2NCC3)cc1. The van der Waals surface area contributed by atoms with Crippen LogP contribution in [0.3, 0.4) is 0 Å². The first kappa shape index (κ1) is 17.1. The number of benzene rings is 2. The molecule has 0 atom stereocenters. The number of non-ortho nitro benzene ring substituents is 1. The summed E-state index contributed by atoms with van der Waals surface area (Å²) >= 11 is 0. The van der Waals surface area contributed by atoms with Crippen LogP contribution in [0.25, 0.3) is 16.9 Å². The molecular weight excluding hydrogens is 361 g/mol. The standard InChI is InChI=1S/C18H13F3N4O2/c19-18(20,21)15-4-2-1-3-13(15)16-14-9-10-22-17(14)24(23-16)11-5-7-12(8-6-11)25(26)27/h1-8,22H,9-10H2. The highest BCUT2D eigenvalue weighted by Gasteiger charge is 2.35. The average Bonchev–Trinajstić information content (AvgIpc) is 3.23. The number of hydrogen-bond donors (Lipinski definition) is 1. The number of aromatic nitrogens is 2. The number of nitro groups is 1. The zero-order chi connectivity index (χ0) is 19.2. The van der Waals surface area contributed by atoms with E-state index < -0.39 is 16.7 Å². The lowest BCUT2D eigenvalue weighted by Gasteiger charge is -2.11. The number of nitrogens with one attached hydrogen (secondary N) is 1. The monoisotopic (exact) mass is 374 g/mol. The summed E-state index contributed by atoms with van der Waals surface area (Å²) in [7, 11) is 0. The van der Waals surface area contributed by atoms with Crippen LogP contribution in [0.15, 0.2) is 48.5 Å². The van der Waals surface area contributed by atoms with E-state index in [-0.39, 0.29) is 16.9 Å². The summed E-state index contributed by atoms with van der Waals surface area (Å²) < 4.78 is 41.8. The number of nitro benzene ring substituents is 1. The van der Waals surface area contributed by atoms with E-state index in [9.17, 15) is 23.3 Å². The molecule has 0 amide bonds. The fourth-order valence-electron chi connectivity index (χ4n) is 3.23. The third-order valence-electron chi connectivity index (χ3n) is 4.44. The minimum Gasteiger partial charge on any atom is -0.369 e. The molecule has 1 N–H and O–H groups in total. The van der Waals surface area contributed by atoms with Gasteiger partial charge in [0.15, 0.2) is 0 Å². The van der Waals surface area contributed by atoms with E-state index in [0.717, 1.165) is 6.07 Å². The number of fused-ring (bicyclic) bond motifs is 1. The molecule has 0 unspecified atom stereocenters. The maximum Gasteiger partial charge on any atom is 0.417 e. The van der Waals surface area contributed by atoms with Gasteiger partial charge >= 0.3 is 6.18 Å². The van der Waals surface area contributed by atoms with Gasteiger partial charge in [0.05, 0.1) is 21.9 Å². The lowest BCUT2D eigenvalue weighted by atomic mass is 10.0. The van der Waals surface area contributed by atoms with Crippen LogP contribution in [-0.4, -0.2) is 21.2 Å². The van der Waals surface area contributed by atoms with Gasteiger partial charge in [-0.2, -0.15) is 18.3 Å². The minimum atomic E-state index is -4.49. The maximum atomic E-state index is 13.4. The molecule has 6 nitrogen and oxygen atoms in total. The normalized spacial score (nSPS) is 13.3. The largest absolute Gasteiger partial charge is 0.417 e. The molecule has 1 aromatic heterocycles. The zero-order valence-corrected chi connectivity index (χ0v) is 13.8. The van der Waals surface area contributed by atoms with Crippen molar-refractivity contribution in [3.8, 4) is 16.9 Å². The number of hydrogen-bond acceptors (Lipinski definition) is 4. The summed E-state index contributed by atoms with van der Waals surface area (Å²) in [4.78, 5) is 10.3. The molecule has 3 aromatic rings. The Morgan fingerprint density at radius 1 is 1.11 bits per heavy atom. The van der Waals surface area contributed by atoms with Gasteiger partial charge in [-0.15, -0.1) is 0 Å². The number of halogens is 3. The van der Waals surface area contributed by atoms with Gasteiger partial charge in [0.25, 0.3) is 5.69 Å². The van der Waals surface area contributed by atoms with E-state index in [2.05, 4.69) is 10.4 Å². The molecule has 0 bridgehead atoms. The first-order chi connectivity index (χ1) is 12.9. The quantitative estimate of drug-likeness (QED) is 0.544. The summed E-state index contributed by atoms with van der Waals surface area (Å²) in [5, 5.41) is 18.4. The first-order valence-electron chi connectivity index (χ1n) is 8.13. The molecule has 0 fully saturated rings. The molecule has 2 aromatic carbocycles. The molecule has 0 radical (unpaired) electrons. The van der Waals surface area contributed by atoms with Crippen molar-refractivity contribution in [2.75, 3.05) is 11.9 Å². The number of alkyl halides is 3. The summed E-state index contributed by atoms with van der Waals surface area (Å²) in [5.74, 6) is 0.607. The van der Waals surface area contributed by atoms with Crippen molar-refractivity contribution in [1.82, 2.24) is 9.78 Å². The van der Waals surface area contributed by atoms with Crippen molar-refractivity contribution < 1.29 is 18.1 Å². The second kappa shape index (κ2) is 6.11. The van der Waals surface area contributed by atoms with Crippen molar-refractivity contribution in [1.29, 1.82) is 0 Å². The van der Waals surface area contributed by atoms with Crippen molar-refractivity contribution in [2.24, 2.45) is 0 Å². The lowest BCUT2D eigenvalue weighted by Crippen LogP contribution is -2.08. The predicted molar refractivity (Wildman–Crippen MR) is 92.9 cm³/mol. The summed E-state index contributed by atoms with van der Waals surface area (Å²) in [6.45, 7) is 0.585. The Bertz CT molecular complexity index is 1030. The zero-order valence-electron chi connectivity index (χ0n) is 13.8. The fraction of sp³-hybridized carbons (Fsp3) is 0.167.